The lowest BCUT2D eigenvalue weighted by molar-refractivity contribution is -0.328. The van der Waals surface area contributed by atoms with Crippen molar-refractivity contribution >= 4 is 23.9 Å². The molecule has 22 heteroatoms. The van der Waals surface area contributed by atoms with Crippen molar-refractivity contribution in [2.75, 3.05) is 40.6 Å². The molecule has 5 heterocycles. The third-order valence-electron chi connectivity index (χ3n) is 9.66. The number of hydrogen-bond acceptors (Lipinski definition) is 22. The van der Waals surface area contributed by atoms with Gasteiger partial charge in [-0.05, 0) is 12.2 Å². The summed E-state index contributed by atoms with van der Waals surface area (Å²) in [4.78, 5) is 52.6. The molecular formula is C34H44O22. The van der Waals surface area contributed by atoms with Gasteiger partial charge in [-0.15, -0.1) is 0 Å². The first kappa shape index (κ1) is 43.1. The van der Waals surface area contributed by atoms with Gasteiger partial charge >= 0.3 is 23.9 Å². The number of esters is 4. The van der Waals surface area contributed by atoms with Crippen LogP contribution in [-0.4, -0.2) is 179 Å². The van der Waals surface area contributed by atoms with Crippen LogP contribution in [-0.2, 0) is 66.5 Å². The van der Waals surface area contributed by atoms with Gasteiger partial charge in [-0.1, -0.05) is 0 Å². The normalized spacial score (nSPS) is 40.0. The molecular weight excluding hydrogens is 760 g/mol. The number of ether oxygens (including phenoxy) is 10. The van der Waals surface area contributed by atoms with E-state index in [-0.39, 0.29) is 22.3 Å². The monoisotopic (exact) mass is 804 g/mol. The molecule has 0 amide bonds. The Bertz CT molecular complexity index is 1450. The van der Waals surface area contributed by atoms with Gasteiger partial charge in [-0.25, -0.2) is 9.59 Å². The predicted octanol–water partition coefficient (Wildman–Crippen LogP) is -4.59. The zero-order valence-corrected chi connectivity index (χ0v) is 29.9. The van der Waals surface area contributed by atoms with Crippen molar-refractivity contribution < 1.29 is 107 Å². The Hall–Kier alpha value is -4.04. The van der Waals surface area contributed by atoms with Crippen LogP contribution in [0.15, 0.2) is 47.0 Å². The van der Waals surface area contributed by atoms with Gasteiger partial charge in [-0.3, -0.25) is 9.59 Å². The maximum absolute atomic E-state index is 13.4. The molecule has 0 unspecified atom stereocenters. The fraction of sp³-hybridized carbons (Fsp3) is 0.647. The first-order valence-electron chi connectivity index (χ1n) is 17.2. The second-order valence-corrected chi connectivity index (χ2v) is 13.0. The summed E-state index contributed by atoms with van der Waals surface area (Å²) in [6.45, 7) is -2.69. The van der Waals surface area contributed by atoms with E-state index < -0.39 is 149 Å². The quantitative estimate of drug-likeness (QED) is 0.0650. The second-order valence-electron chi connectivity index (χ2n) is 13.0. The molecule has 0 bridgehead atoms. The second kappa shape index (κ2) is 18.9. The van der Waals surface area contributed by atoms with Crippen LogP contribution in [0.3, 0.4) is 0 Å². The van der Waals surface area contributed by atoms with Gasteiger partial charge in [0.15, 0.2) is 12.6 Å². The first-order chi connectivity index (χ1) is 26.7. The van der Waals surface area contributed by atoms with Crippen LogP contribution in [0.1, 0.15) is 12.8 Å². The lowest BCUT2D eigenvalue weighted by atomic mass is 9.85. The van der Waals surface area contributed by atoms with Crippen molar-refractivity contribution in [3.63, 3.8) is 0 Å². The van der Waals surface area contributed by atoms with Crippen LogP contribution in [0, 0.1) is 11.8 Å². The largest absolute Gasteiger partial charge is 0.468 e. The molecule has 0 aromatic carbocycles. The lowest BCUT2D eigenvalue weighted by Crippen LogP contribution is -2.60. The Morgan fingerprint density at radius 1 is 0.625 bits per heavy atom. The molecule has 22 nitrogen and oxygen atoms in total. The van der Waals surface area contributed by atoms with E-state index in [0.717, 1.165) is 26.7 Å². The van der Waals surface area contributed by atoms with Gasteiger partial charge in [0, 0.05) is 23.0 Å². The number of rotatable bonds is 8. The van der Waals surface area contributed by atoms with Crippen molar-refractivity contribution in [1.29, 1.82) is 0 Å². The number of carbonyl (C=O) groups excluding carboxylic acids is 4. The molecule has 0 aromatic heterocycles. The van der Waals surface area contributed by atoms with Crippen molar-refractivity contribution in [1.82, 2.24) is 0 Å². The van der Waals surface area contributed by atoms with Crippen LogP contribution < -0.4 is 0 Å². The molecule has 5 rings (SSSR count). The molecule has 0 spiro atoms. The maximum atomic E-state index is 13.4. The average molecular weight is 805 g/mol. The highest BCUT2D eigenvalue weighted by Crippen LogP contribution is 2.39. The SMILES string of the molecule is COC(=O)C1=CO[C@H](O[C@@H]2O[C@H](CO)[C@@H](O)[C@H](O)[C@H]2O)/C2=C/COC(=O)C[C@H]3C(C(=O)OC)=CO[C@H](O[C@@H]4O[C@H](CO)[C@@H](O)[C@H](O)[C@H]4O)/C3=C/COC(=O)C[C@H]12. The van der Waals surface area contributed by atoms with Crippen molar-refractivity contribution in [3.8, 4) is 0 Å². The summed E-state index contributed by atoms with van der Waals surface area (Å²) < 4.78 is 54.3. The Kier molecular flexibility index (Phi) is 14.6. The summed E-state index contributed by atoms with van der Waals surface area (Å²) in [6.07, 6.45) is -17.0. The summed E-state index contributed by atoms with van der Waals surface area (Å²) in [6, 6.07) is 0. The van der Waals surface area contributed by atoms with E-state index in [9.17, 15) is 60.0 Å². The van der Waals surface area contributed by atoms with Gasteiger partial charge in [-0.2, -0.15) is 0 Å². The van der Waals surface area contributed by atoms with Crippen LogP contribution in [0.4, 0.5) is 0 Å². The highest BCUT2D eigenvalue weighted by molar-refractivity contribution is 5.91. The zero-order chi connectivity index (χ0) is 40.8. The molecule has 5 aliphatic rings. The fourth-order valence-corrected chi connectivity index (χ4v) is 6.57. The molecule has 0 radical (unpaired) electrons. The third kappa shape index (κ3) is 9.22. The highest BCUT2D eigenvalue weighted by Gasteiger charge is 2.49. The molecule has 8 N–H and O–H groups in total. The summed E-state index contributed by atoms with van der Waals surface area (Å²) in [5.41, 5.74) is -0.473. The van der Waals surface area contributed by atoms with Crippen molar-refractivity contribution in [3.05, 3.63) is 47.0 Å². The molecule has 312 valence electrons. The van der Waals surface area contributed by atoms with E-state index in [4.69, 9.17) is 47.4 Å². The van der Waals surface area contributed by atoms with Gasteiger partial charge < -0.3 is 88.2 Å². The van der Waals surface area contributed by atoms with Gasteiger partial charge in [0.1, 0.15) is 62.0 Å². The topological polar surface area (TPSA) is 322 Å². The number of aliphatic hydroxyl groups is 8. The van der Waals surface area contributed by atoms with Crippen LogP contribution >= 0.6 is 0 Å². The van der Waals surface area contributed by atoms with Crippen LogP contribution in [0.2, 0.25) is 0 Å². The zero-order valence-electron chi connectivity index (χ0n) is 29.9. The number of hydrogen-bond donors (Lipinski definition) is 8. The Balaban J connectivity index is 1.46. The minimum Gasteiger partial charge on any atom is -0.468 e. The van der Waals surface area contributed by atoms with E-state index in [1.807, 2.05) is 0 Å². The Labute approximate surface area is 317 Å². The van der Waals surface area contributed by atoms with Crippen molar-refractivity contribution in [2.24, 2.45) is 11.8 Å². The summed E-state index contributed by atoms with van der Waals surface area (Å²) in [7, 11) is 2.14. The van der Waals surface area contributed by atoms with E-state index in [2.05, 4.69) is 0 Å². The smallest absolute Gasteiger partial charge is 0.337 e. The number of aliphatic hydroxyl groups excluding tert-OH is 8. The van der Waals surface area contributed by atoms with E-state index in [1.165, 1.54) is 12.2 Å². The number of fused-ring (bicyclic) bond motifs is 2. The molecule has 0 aliphatic carbocycles. The minimum atomic E-state index is -1.87. The molecule has 56 heavy (non-hydrogen) atoms. The van der Waals surface area contributed by atoms with Crippen molar-refractivity contribution in [2.45, 2.75) is 86.8 Å². The third-order valence-corrected chi connectivity index (χ3v) is 9.66. The number of carbonyl (C=O) groups is 4. The molecule has 0 aromatic rings. The number of cyclic esters (lactones) is 2. The van der Waals surface area contributed by atoms with E-state index >= 15 is 0 Å². The number of methoxy groups -OCH3 is 2. The van der Waals surface area contributed by atoms with Crippen LogP contribution in [0.5, 0.6) is 0 Å². The Morgan fingerprint density at radius 3 is 1.34 bits per heavy atom. The van der Waals surface area contributed by atoms with E-state index in [1.54, 1.807) is 0 Å². The van der Waals surface area contributed by atoms with E-state index in [0.29, 0.717) is 0 Å². The maximum Gasteiger partial charge on any atom is 0.337 e. The molecule has 5 aliphatic heterocycles. The van der Waals surface area contributed by atoms with Gasteiger partial charge in [0.25, 0.3) is 0 Å². The summed E-state index contributed by atoms with van der Waals surface area (Å²) >= 11 is 0. The Morgan fingerprint density at radius 2 is 1.00 bits per heavy atom. The van der Waals surface area contributed by atoms with Gasteiger partial charge in [0.05, 0.1) is 63.9 Å². The summed E-state index contributed by atoms with van der Waals surface area (Å²) in [5.74, 6) is -6.21. The van der Waals surface area contributed by atoms with Crippen LogP contribution in [0.25, 0.3) is 0 Å². The average Bonchev–Trinajstić information content (AvgIpc) is 3.19. The minimum absolute atomic E-state index is 0.0305. The fourth-order valence-electron chi connectivity index (χ4n) is 6.57. The van der Waals surface area contributed by atoms with Gasteiger partial charge in [0.2, 0.25) is 12.6 Å². The summed E-state index contributed by atoms with van der Waals surface area (Å²) in [5, 5.41) is 81.4. The molecule has 0 saturated carbocycles. The standard InChI is InChI=1S/C34H44O22/c1-47-29(45)17-11-51-31(55-33-27(43)25(41)23(39)19(9-35)53-33)13-3-5-50-22(38)8-16-14(4-6-49-21(37)7-15(13)17)32(52-12-18(16)30(46)48-2)56-34-28(44)26(42)24(40)20(10-36)54-34/h3-4,11-12,15-16,19-20,23-28,31-36,39-44H,5-10H2,1-2H3/b13-3+,14-4+/t15-,16+,19-,20-,23-,24-,25+,26+,27-,28-,31-,32-,33+,34+/m1/s1. The molecule has 14 atom stereocenters. The predicted molar refractivity (Wildman–Crippen MR) is 174 cm³/mol. The first-order valence-corrected chi connectivity index (χ1v) is 17.2. The highest BCUT2D eigenvalue weighted by atomic mass is 16.8. The molecule has 2 saturated heterocycles. The lowest BCUT2D eigenvalue weighted by Gasteiger charge is -2.42. The molecule has 2 fully saturated rings.